The fourth-order valence-electron chi connectivity index (χ4n) is 2.55. The average molecular weight is 385 g/mol. The molecule has 3 rings (SSSR count). The molecule has 0 aliphatic carbocycles. The Balaban J connectivity index is 1.87. The zero-order valence-electron chi connectivity index (χ0n) is 15.5. The molecule has 0 radical (unpaired) electrons. The van der Waals surface area contributed by atoms with E-state index in [0.717, 1.165) is 18.7 Å². The van der Waals surface area contributed by atoms with Gasteiger partial charge in [0.25, 0.3) is 5.91 Å². The lowest BCUT2D eigenvalue weighted by molar-refractivity contribution is -0.910. The summed E-state index contributed by atoms with van der Waals surface area (Å²) < 4.78 is 6.02. The Hall–Kier alpha value is -3.67. The standard InChI is InChI=1S/C16H20N10O2/c1-3-25(4-2)10-12-13(20-24-26(12)15-14(17)22-28-23-15)16(27)21-19-9-11-6-5-7-18-8-11/h5-9H,3-4,10H2,1-2H3,(H2,17,22)(H,21,27)/p+1. The lowest BCUT2D eigenvalue weighted by Gasteiger charge is -2.15. The number of nitrogens with zero attached hydrogens (tertiary/aromatic N) is 7. The van der Waals surface area contributed by atoms with Crippen LogP contribution in [0.5, 0.6) is 0 Å². The van der Waals surface area contributed by atoms with E-state index < -0.39 is 5.91 Å². The molecular weight excluding hydrogens is 364 g/mol. The van der Waals surface area contributed by atoms with Crippen molar-refractivity contribution in [3.63, 3.8) is 0 Å². The maximum atomic E-state index is 12.6. The summed E-state index contributed by atoms with van der Waals surface area (Å²) in [5.74, 6) is -0.253. The molecule has 4 N–H and O–H groups in total. The molecule has 3 aromatic heterocycles. The number of hydrogen-bond donors (Lipinski definition) is 3. The van der Waals surface area contributed by atoms with Crippen LogP contribution in [0.1, 0.15) is 35.6 Å². The van der Waals surface area contributed by atoms with E-state index in [1.807, 2.05) is 6.07 Å². The first kappa shape index (κ1) is 19.1. The lowest BCUT2D eigenvalue weighted by atomic mass is 10.2. The van der Waals surface area contributed by atoms with Gasteiger partial charge in [-0.3, -0.25) is 9.78 Å². The number of carbonyl (C=O) groups excluding carboxylic acids is 1. The van der Waals surface area contributed by atoms with Crippen LogP contribution in [0.2, 0.25) is 0 Å². The molecule has 12 heteroatoms. The van der Waals surface area contributed by atoms with Crippen molar-refractivity contribution in [2.24, 2.45) is 5.10 Å². The Morgan fingerprint density at radius 2 is 2.21 bits per heavy atom. The Morgan fingerprint density at radius 3 is 2.86 bits per heavy atom. The lowest BCUT2D eigenvalue weighted by Crippen LogP contribution is -3.10. The van der Waals surface area contributed by atoms with Gasteiger partial charge in [-0.2, -0.15) is 9.78 Å². The maximum Gasteiger partial charge on any atom is 0.294 e. The summed E-state index contributed by atoms with van der Waals surface area (Å²) in [6, 6.07) is 3.59. The predicted molar refractivity (Wildman–Crippen MR) is 98.7 cm³/mol. The number of hydrazone groups is 1. The first-order chi connectivity index (χ1) is 13.6. The zero-order valence-corrected chi connectivity index (χ0v) is 15.5. The van der Waals surface area contributed by atoms with Gasteiger partial charge in [-0.1, -0.05) is 11.3 Å². The monoisotopic (exact) mass is 385 g/mol. The summed E-state index contributed by atoms with van der Waals surface area (Å²) in [5, 5.41) is 19.3. The number of hydrogen-bond acceptors (Lipinski definition) is 9. The van der Waals surface area contributed by atoms with E-state index in [2.05, 4.69) is 54.6 Å². The third-order valence-corrected chi connectivity index (χ3v) is 4.16. The average Bonchev–Trinajstić information content (AvgIpc) is 3.32. The van der Waals surface area contributed by atoms with Crippen LogP contribution in [0.4, 0.5) is 5.82 Å². The molecule has 0 aromatic carbocycles. The van der Waals surface area contributed by atoms with E-state index in [-0.39, 0.29) is 17.3 Å². The normalized spacial score (nSPS) is 11.4. The number of anilines is 1. The number of nitrogens with two attached hydrogens (primary N) is 1. The van der Waals surface area contributed by atoms with Crippen molar-refractivity contribution < 1.29 is 14.3 Å². The highest BCUT2D eigenvalue weighted by Gasteiger charge is 2.26. The molecule has 0 spiro atoms. The molecule has 0 saturated carbocycles. The Morgan fingerprint density at radius 1 is 1.39 bits per heavy atom. The number of pyridine rings is 1. The van der Waals surface area contributed by atoms with Crippen molar-refractivity contribution >= 4 is 17.9 Å². The first-order valence-electron chi connectivity index (χ1n) is 8.74. The molecule has 0 atom stereocenters. The summed E-state index contributed by atoms with van der Waals surface area (Å²) in [5.41, 5.74) is 9.65. The van der Waals surface area contributed by atoms with Gasteiger partial charge in [-0.05, 0) is 30.2 Å². The molecule has 3 heterocycles. The van der Waals surface area contributed by atoms with Crippen LogP contribution in [0.3, 0.4) is 0 Å². The van der Waals surface area contributed by atoms with Crippen LogP contribution in [0, 0.1) is 0 Å². The molecule has 0 unspecified atom stereocenters. The van der Waals surface area contributed by atoms with Crippen molar-refractivity contribution in [3.05, 3.63) is 41.5 Å². The van der Waals surface area contributed by atoms with E-state index in [0.29, 0.717) is 12.2 Å². The molecule has 0 bridgehead atoms. The summed E-state index contributed by atoms with van der Waals surface area (Å²) in [7, 11) is 0. The topological polar surface area (TPSA) is 154 Å². The highest BCUT2D eigenvalue weighted by atomic mass is 16.6. The van der Waals surface area contributed by atoms with Gasteiger partial charge in [0, 0.05) is 18.0 Å². The summed E-state index contributed by atoms with van der Waals surface area (Å²) in [4.78, 5) is 17.8. The van der Waals surface area contributed by atoms with Crippen LogP contribution in [0.15, 0.2) is 34.3 Å². The minimum absolute atomic E-state index is 0.0576. The first-order valence-corrected chi connectivity index (χ1v) is 8.74. The van der Waals surface area contributed by atoms with Crippen LogP contribution in [-0.2, 0) is 6.54 Å². The highest BCUT2D eigenvalue weighted by molar-refractivity contribution is 5.94. The number of nitrogen functional groups attached to an aromatic ring is 1. The molecule has 1 amide bonds. The summed E-state index contributed by atoms with van der Waals surface area (Å²) >= 11 is 0. The molecule has 12 nitrogen and oxygen atoms in total. The molecule has 0 saturated heterocycles. The summed E-state index contributed by atoms with van der Waals surface area (Å²) in [6.07, 6.45) is 4.77. The Kier molecular flexibility index (Phi) is 6.01. The number of carbonyl (C=O) groups is 1. The van der Waals surface area contributed by atoms with Gasteiger partial charge in [0.2, 0.25) is 11.6 Å². The molecule has 0 aliphatic heterocycles. The summed E-state index contributed by atoms with van der Waals surface area (Å²) in [6.45, 7) is 6.30. The fraction of sp³-hybridized carbons (Fsp3) is 0.312. The molecule has 0 aliphatic rings. The number of aromatic nitrogens is 6. The minimum Gasteiger partial charge on any atom is -0.378 e. The fourth-order valence-corrected chi connectivity index (χ4v) is 2.55. The van der Waals surface area contributed by atoms with E-state index >= 15 is 0 Å². The van der Waals surface area contributed by atoms with E-state index in [9.17, 15) is 4.79 Å². The highest BCUT2D eigenvalue weighted by Crippen LogP contribution is 2.15. The van der Waals surface area contributed by atoms with Gasteiger partial charge in [0.15, 0.2) is 5.69 Å². The van der Waals surface area contributed by atoms with Crippen LogP contribution in [0.25, 0.3) is 5.82 Å². The third-order valence-electron chi connectivity index (χ3n) is 4.16. The van der Waals surface area contributed by atoms with Crippen molar-refractivity contribution in [2.45, 2.75) is 20.4 Å². The van der Waals surface area contributed by atoms with E-state index in [1.165, 1.54) is 15.8 Å². The number of nitrogens with one attached hydrogen (secondary N) is 2. The predicted octanol–water partition coefficient (Wildman–Crippen LogP) is -1.18. The maximum absolute atomic E-state index is 12.6. The van der Waals surface area contributed by atoms with Crippen molar-refractivity contribution in [2.75, 3.05) is 18.8 Å². The van der Waals surface area contributed by atoms with Gasteiger partial charge in [-0.15, -0.1) is 5.10 Å². The van der Waals surface area contributed by atoms with Gasteiger partial charge in [0.1, 0.15) is 12.2 Å². The van der Waals surface area contributed by atoms with Crippen LogP contribution in [-0.4, -0.2) is 55.5 Å². The van der Waals surface area contributed by atoms with E-state index in [4.69, 9.17) is 5.73 Å². The second-order valence-electron chi connectivity index (χ2n) is 5.89. The molecule has 3 aromatic rings. The molecular formula is C16H21N10O2+. The third kappa shape index (κ3) is 4.17. The Labute approximate surface area is 160 Å². The number of quaternary nitrogens is 1. The zero-order chi connectivity index (χ0) is 19.9. The van der Waals surface area contributed by atoms with Crippen LogP contribution < -0.4 is 16.1 Å². The minimum atomic E-state index is -0.497. The van der Waals surface area contributed by atoms with Crippen molar-refractivity contribution in [1.82, 2.24) is 35.7 Å². The van der Waals surface area contributed by atoms with Crippen LogP contribution >= 0.6 is 0 Å². The second-order valence-corrected chi connectivity index (χ2v) is 5.89. The molecule has 28 heavy (non-hydrogen) atoms. The number of rotatable bonds is 8. The van der Waals surface area contributed by atoms with Gasteiger partial charge in [0.05, 0.1) is 19.3 Å². The van der Waals surface area contributed by atoms with Crippen molar-refractivity contribution in [1.29, 1.82) is 0 Å². The Bertz CT molecular complexity index is 946. The largest absolute Gasteiger partial charge is 0.378 e. The molecule has 0 fully saturated rings. The quantitative estimate of drug-likeness (QED) is 0.323. The van der Waals surface area contributed by atoms with Gasteiger partial charge in [-0.25, -0.2) is 10.1 Å². The smallest absolute Gasteiger partial charge is 0.294 e. The van der Waals surface area contributed by atoms with E-state index in [1.54, 1.807) is 18.5 Å². The number of amides is 1. The van der Waals surface area contributed by atoms with Crippen molar-refractivity contribution in [3.8, 4) is 5.82 Å². The van der Waals surface area contributed by atoms with Gasteiger partial charge < -0.3 is 10.6 Å². The van der Waals surface area contributed by atoms with Gasteiger partial charge >= 0.3 is 0 Å². The SMILES string of the molecule is CC[NH+](CC)Cc1c(C(=O)NN=Cc2cccnc2)nnn1-c1nonc1N. The second kappa shape index (κ2) is 8.81. The molecule has 146 valence electrons.